The minimum atomic E-state index is -0.426. The van der Waals surface area contributed by atoms with Crippen molar-refractivity contribution in [3.63, 3.8) is 0 Å². The highest BCUT2D eigenvalue weighted by Gasteiger charge is 2.16. The molecule has 0 radical (unpaired) electrons. The third-order valence-corrected chi connectivity index (χ3v) is 4.22. The molecule has 0 fully saturated rings. The van der Waals surface area contributed by atoms with Crippen LogP contribution in [-0.2, 0) is 0 Å². The Labute approximate surface area is 128 Å². The highest BCUT2D eigenvalue weighted by atomic mass is 32.1. The van der Waals surface area contributed by atoms with Crippen LogP contribution in [0.3, 0.4) is 0 Å². The Hall–Kier alpha value is -2.67. The number of hydrogen-bond acceptors (Lipinski definition) is 6. The molecule has 110 valence electrons. The molecule has 22 heavy (non-hydrogen) atoms. The number of ether oxygens (including phenoxy) is 1. The topological polar surface area (TPSA) is 69.6 Å². The van der Waals surface area contributed by atoms with Gasteiger partial charge < -0.3 is 9.15 Å². The molecule has 0 spiro atoms. The minimum Gasteiger partial charge on any atom is -0.493 e. The lowest BCUT2D eigenvalue weighted by Crippen LogP contribution is -2.05. The van der Waals surface area contributed by atoms with Crippen LogP contribution in [0.1, 0.15) is 5.82 Å². The molecule has 3 aromatic heterocycles. The number of rotatable bonds is 2. The first-order chi connectivity index (χ1) is 10.7. The van der Waals surface area contributed by atoms with Crippen molar-refractivity contribution >= 4 is 27.3 Å². The van der Waals surface area contributed by atoms with Gasteiger partial charge in [-0.25, -0.2) is 14.3 Å². The average Bonchev–Trinajstić information content (AvgIpc) is 3.05. The summed E-state index contributed by atoms with van der Waals surface area (Å²) in [7, 11) is 1.54. The molecule has 0 amide bonds. The van der Waals surface area contributed by atoms with Crippen LogP contribution in [-0.4, -0.2) is 21.7 Å². The Morgan fingerprint density at radius 2 is 2.23 bits per heavy atom. The molecule has 0 N–H and O–H groups in total. The first-order valence-electron chi connectivity index (χ1n) is 6.59. The highest BCUT2D eigenvalue weighted by molar-refractivity contribution is 7.15. The van der Waals surface area contributed by atoms with Gasteiger partial charge in [-0.15, -0.1) is 11.3 Å². The van der Waals surface area contributed by atoms with Gasteiger partial charge in [-0.05, 0) is 19.1 Å². The van der Waals surface area contributed by atoms with E-state index in [1.54, 1.807) is 23.8 Å². The Bertz CT molecular complexity index is 1060. The molecular formula is C15H11N3O3S. The maximum absolute atomic E-state index is 12.4. The second-order valence-electron chi connectivity index (χ2n) is 4.80. The van der Waals surface area contributed by atoms with E-state index in [-0.39, 0.29) is 0 Å². The lowest BCUT2D eigenvalue weighted by Gasteiger charge is -2.05. The van der Waals surface area contributed by atoms with E-state index in [2.05, 4.69) is 10.1 Å². The number of methoxy groups -OCH3 is 1. The van der Waals surface area contributed by atoms with Gasteiger partial charge in [0.15, 0.2) is 11.3 Å². The predicted octanol–water partition coefficient (Wildman–Crippen LogP) is 2.88. The monoisotopic (exact) mass is 313 g/mol. The zero-order valence-corrected chi connectivity index (χ0v) is 12.7. The van der Waals surface area contributed by atoms with Gasteiger partial charge in [-0.2, -0.15) is 5.10 Å². The van der Waals surface area contributed by atoms with E-state index in [1.165, 1.54) is 11.3 Å². The summed E-state index contributed by atoms with van der Waals surface area (Å²) >= 11 is 1.44. The van der Waals surface area contributed by atoms with Crippen LogP contribution in [0.5, 0.6) is 5.75 Å². The second-order valence-corrected chi connectivity index (χ2v) is 5.64. The van der Waals surface area contributed by atoms with E-state index < -0.39 is 5.63 Å². The number of fused-ring (bicyclic) bond motifs is 2. The molecule has 6 nitrogen and oxygen atoms in total. The van der Waals surface area contributed by atoms with Crippen LogP contribution in [0.2, 0.25) is 0 Å². The van der Waals surface area contributed by atoms with Crippen molar-refractivity contribution < 1.29 is 9.15 Å². The Morgan fingerprint density at radius 3 is 3.05 bits per heavy atom. The number of aryl methyl sites for hydroxylation is 1. The largest absolute Gasteiger partial charge is 0.493 e. The van der Waals surface area contributed by atoms with E-state index in [9.17, 15) is 4.79 Å². The van der Waals surface area contributed by atoms with E-state index in [4.69, 9.17) is 9.15 Å². The third kappa shape index (κ3) is 1.82. The number of nitrogens with zero attached hydrogens (tertiary/aromatic N) is 3. The maximum Gasteiger partial charge on any atom is 0.345 e. The van der Waals surface area contributed by atoms with Crippen LogP contribution < -0.4 is 10.4 Å². The van der Waals surface area contributed by atoms with Gasteiger partial charge in [-0.3, -0.25) is 0 Å². The van der Waals surface area contributed by atoms with Gasteiger partial charge in [0.05, 0.1) is 18.4 Å². The van der Waals surface area contributed by atoms with Gasteiger partial charge in [0.1, 0.15) is 5.82 Å². The summed E-state index contributed by atoms with van der Waals surface area (Å²) < 4.78 is 12.4. The van der Waals surface area contributed by atoms with E-state index in [1.807, 2.05) is 24.4 Å². The van der Waals surface area contributed by atoms with E-state index >= 15 is 0 Å². The fraction of sp³-hybridized carbons (Fsp3) is 0.133. The van der Waals surface area contributed by atoms with Crippen molar-refractivity contribution in [1.29, 1.82) is 0 Å². The average molecular weight is 313 g/mol. The summed E-state index contributed by atoms with van der Waals surface area (Å²) in [4.78, 5) is 17.4. The Balaban J connectivity index is 2.03. The first kappa shape index (κ1) is 13.0. The van der Waals surface area contributed by atoms with Crippen molar-refractivity contribution in [2.75, 3.05) is 7.11 Å². The summed E-state index contributed by atoms with van der Waals surface area (Å²) in [5, 5.41) is 6.97. The summed E-state index contributed by atoms with van der Waals surface area (Å²) in [5.41, 5.74) is 1.15. The summed E-state index contributed by atoms with van der Waals surface area (Å²) in [6.07, 6.45) is 0. The van der Waals surface area contributed by atoms with Crippen LogP contribution in [0.4, 0.5) is 0 Å². The van der Waals surface area contributed by atoms with Gasteiger partial charge >= 0.3 is 5.63 Å². The highest BCUT2D eigenvalue weighted by Crippen LogP contribution is 2.29. The van der Waals surface area contributed by atoms with Gasteiger partial charge in [0.2, 0.25) is 4.96 Å². The van der Waals surface area contributed by atoms with Crippen LogP contribution in [0, 0.1) is 6.92 Å². The summed E-state index contributed by atoms with van der Waals surface area (Å²) in [5.74, 6) is 1.20. The summed E-state index contributed by atoms with van der Waals surface area (Å²) in [6, 6.07) is 7.28. The third-order valence-electron chi connectivity index (χ3n) is 3.41. The minimum absolute atomic E-state index is 0.426. The summed E-state index contributed by atoms with van der Waals surface area (Å²) in [6.45, 7) is 1.82. The SMILES string of the molecule is COc1cccc2cc(-c3csc4nc(C)nn34)c(=O)oc12. The molecule has 0 saturated carbocycles. The Morgan fingerprint density at radius 1 is 1.36 bits per heavy atom. The molecule has 7 heteroatoms. The molecule has 0 aliphatic heterocycles. The number of benzene rings is 1. The number of hydrogen-bond donors (Lipinski definition) is 0. The van der Waals surface area contributed by atoms with Crippen LogP contribution in [0.15, 0.2) is 38.9 Å². The van der Waals surface area contributed by atoms with Crippen molar-refractivity contribution in [3.05, 3.63) is 45.9 Å². The quantitative estimate of drug-likeness (QED) is 0.532. The molecule has 1 aromatic carbocycles. The smallest absolute Gasteiger partial charge is 0.345 e. The lowest BCUT2D eigenvalue weighted by molar-refractivity contribution is 0.407. The maximum atomic E-state index is 12.4. The molecule has 4 aromatic rings. The first-order valence-corrected chi connectivity index (χ1v) is 7.47. The lowest BCUT2D eigenvalue weighted by atomic mass is 10.1. The number of thiazole rings is 1. The van der Waals surface area contributed by atoms with Gasteiger partial charge in [0.25, 0.3) is 0 Å². The number of para-hydroxylation sites is 1. The molecule has 0 aliphatic carbocycles. The second kappa shape index (κ2) is 4.67. The van der Waals surface area contributed by atoms with Gasteiger partial charge in [-0.1, -0.05) is 12.1 Å². The fourth-order valence-electron chi connectivity index (χ4n) is 2.42. The van der Waals surface area contributed by atoms with Crippen LogP contribution >= 0.6 is 11.3 Å². The molecule has 0 bridgehead atoms. The zero-order chi connectivity index (χ0) is 15.3. The predicted molar refractivity (Wildman–Crippen MR) is 83.6 cm³/mol. The normalized spacial score (nSPS) is 11.4. The van der Waals surface area contributed by atoms with E-state index in [0.29, 0.717) is 28.4 Å². The van der Waals surface area contributed by atoms with Crippen molar-refractivity contribution in [2.24, 2.45) is 0 Å². The van der Waals surface area contributed by atoms with Crippen molar-refractivity contribution in [1.82, 2.24) is 14.6 Å². The zero-order valence-electron chi connectivity index (χ0n) is 11.9. The van der Waals surface area contributed by atoms with Crippen LogP contribution in [0.25, 0.3) is 27.2 Å². The molecule has 0 unspecified atom stereocenters. The van der Waals surface area contributed by atoms with E-state index in [0.717, 1.165) is 10.3 Å². The molecular weight excluding hydrogens is 302 g/mol. The molecule has 0 atom stereocenters. The van der Waals surface area contributed by atoms with Crippen molar-refractivity contribution in [3.8, 4) is 17.0 Å². The molecule has 4 rings (SSSR count). The molecule has 3 heterocycles. The van der Waals surface area contributed by atoms with Gasteiger partial charge in [0, 0.05) is 10.8 Å². The number of aromatic nitrogens is 3. The molecule has 0 aliphatic rings. The standard InChI is InChI=1S/C15H11N3O3S/c1-8-16-15-18(17-8)11(7-22-15)10-6-9-4-3-5-12(20-2)13(9)21-14(10)19/h3-7H,1-2H3. The Kier molecular flexibility index (Phi) is 2.77. The van der Waals surface area contributed by atoms with Crippen molar-refractivity contribution in [2.45, 2.75) is 6.92 Å². The fourth-order valence-corrected chi connectivity index (χ4v) is 3.29. The molecule has 0 saturated heterocycles.